The van der Waals surface area contributed by atoms with Gasteiger partial charge in [0.1, 0.15) is 6.54 Å². The highest BCUT2D eigenvalue weighted by Gasteiger charge is 2.05. The van der Waals surface area contributed by atoms with E-state index in [0.717, 1.165) is 0 Å². The molecule has 0 atom stereocenters. The van der Waals surface area contributed by atoms with E-state index >= 15 is 0 Å². The maximum absolute atomic E-state index is 11.3. The molecule has 0 saturated carbocycles. The second kappa shape index (κ2) is 6.23. The number of rotatable bonds is 4. The van der Waals surface area contributed by atoms with E-state index in [4.69, 9.17) is 5.73 Å². The Balaban J connectivity index is 3.96. The fourth-order valence-corrected chi connectivity index (χ4v) is 0.791. The summed E-state index contributed by atoms with van der Waals surface area (Å²) in [6.07, 6.45) is 0. The van der Waals surface area contributed by atoms with Crippen LogP contribution in [0, 0.1) is 0 Å². The summed E-state index contributed by atoms with van der Waals surface area (Å²) in [5.41, 5.74) is 5.53. The average Bonchev–Trinajstić information content (AvgIpc) is 2.11. The van der Waals surface area contributed by atoms with Crippen molar-refractivity contribution in [3.05, 3.63) is 0 Å². The van der Waals surface area contributed by atoms with Crippen LogP contribution in [-0.4, -0.2) is 42.9 Å². The molecule has 0 rings (SSSR count). The van der Waals surface area contributed by atoms with Gasteiger partial charge >= 0.3 is 0 Å². The summed E-state index contributed by atoms with van der Waals surface area (Å²) >= 11 is 0. The Morgan fingerprint density at radius 2 is 2.14 bits per heavy atom. The monoisotopic (exact) mass is 200 g/mol. The Labute approximate surface area is 85.4 Å². The van der Waals surface area contributed by atoms with Crippen LogP contribution in [0.5, 0.6) is 0 Å². The van der Waals surface area contributed by atoms with E-state index in [1.807, 2.05) is 20.8 Å². The molecule has 0 radical (unpaired) electrons. The first-order valence-corrected chi connectivity index (χ1v) is 4.77. The van der Waals surface area contributed by atoms with Gasteiger partial charge in [-0.15, -0.1) is 0 Å². The summed E-state index contributed by atoms with van der Waals surface area (Å²) in [6, 6.07) is 0.234. The summed E-state index contributed by atoms with van der Waals surface area (Å²) in [5, 5.41) is 2.91. The Morgan fingerprint density at radius 1 is 1.57 bits per heavy atom. The largest absolute Gasteiger partial charge is 0.370 e. The molecule has 5 nitrogen and oxygen atoms in total. The summed E-state index contributed by atoms with van der Waals surface area (Å²) in [6.45, 7) is 6.63. The zero-order valence-corrected chi connectivity index (χ0v) is 9.37. The third-order valence-corrected chi connectivity index (χ3v) is 1.72. The number of guanidine groups is 1. The van der Waals surface area contributed by atoms with Crippen molar-refractivity contribution >= 4 is 11.9 Å². The van der Waals surface area contributed by atoms with Gasteiger partial charge in [-0.25, -0.2) is 4.99 Å². The number of hydrogen-bond donors (Lipinski definition) is 2. The van der Waals surface area contributed by atoms with Crippen molar-refractivity contribution in [1.29, 1.82) is 0 Å². The maximum atomic E-state index is 11.3. The second-order valence-corrected chi connectivity index (χ2v) is 3.41. The van der Waals surface area contributed by atoms with Gasteiger partial charge in [0.15, 0.2) is 5.96 Å². The molecule has 0 aromatic heterocycles. The molecule has 82 valence electrons. The highest BCUT2D eigenvalue weighted by Crippen LogP contribution is 1.85. The van der Waals surface area contributed by atoms with Crippen molar-refractivity contribution in [2.24, 2.45) is 10.7 Å². The predicted molar refractivity (Wildman–Crippen MR) is 58.1 cm³/mol. The number of likely N-dealkylation sites (N-methyl/N-ethyl adjacent to an activating group) is 1. The zero-order chi connectivity index (χ0) is 11.1. The summed E-state index contributed by atoms with van der Waals surface area (Å²) < 4.78 is 0. The number of nitrogens with two attached hydrogens (primary N) is 1. The van der Waals surface area contributed by atoms with E-state index in [-0.39, 0.29) is 18.5 Å². The number of carbonyl (C=O) groups is 1. The maximum Gasteiger partial charge on any atom is 0.244 e. The molecular formula is C9H20N4O. The van der Waals surface area contributed by atoms with Crippen LogP contribution in [0.2, 0.25) is 0 Å². The number of aliphatic imine (C=N–C) groups is 1. The van der Waals surface area contributed by atoms with Gasteiger partial charge in [-0.05, 0) is 20.8 Å². The van der Waals surface area contributed by atoms with Gasteiger partial charge in [0.2, 0.25) is 5.91 Å². The van der Waals surface area contributed by atoms with Crippen LogP contribution in [0.15, 0.2) is 4.99 Å². The lowest BCUT2D eigenvalue weighted by Crippen LogP contribution is -2.38. The van der Waals surface area contributed by atoms with Gasteiger partial charge < -0.3 is 16.0 Å². The van der Waals surface area contributed by atoms with Gasteiger partial charge in [-0.1, -0.05) is 0 Å². The molecular weight excluding hydrogens is 180 g/mol. The average molecular weight is 200 g/mol. The highest BCUT2D eigenvalue weighted by molar-refractivity contribution is 5.83. The van der Waals surface area contributed by atoms with E-state index < -0.39 is 0 Å². The lowest BCUT2D eigenvalue weighted by molar-refractivity contribution is -0.128. The van der Waals surface area contributed by atoms with Crippen LogP contribution >= 0.6 is 0 Å². The molecule has 0 heterocycles. The Morgan fingerprint density at radius 3 is 2.57 bits per heavy atom. The van der Waals surface area contributed by atoms with Crippen molar-refractivity contribution in [3.8, 4) is 0 Å². The lowest BCUT2D eigenvalue weighted by atomic mass is 10.4. The van der Waals surface area contributed by atoms with Crippen LogP contribution in [-0.2, 0) is 4.79 Å². The predicted octanol–water partition coefficient (Wildman–Crippen LogP) is -0.223. The van der Waals surface area contributed by atoms with Gasteiger partial charge in [0.25, 0.3) is 0 Å². The Hall–Kier alpha value is -1.26. The lowest BCUT2D eigenvalue weighted by Gasteiger charge is -2.13. The van der Waals surface area contributed by atoms with Crippen molar-refractivity contribution in [2.45, 2.75) is 26.8 Å². The van der Waals surface area contributed by atoms with Crippen LogP contribution < -0.4 is 11.1 Å². The fourth-order valence-electron chi connectivity index (χ4n) is 0.791. The second-order valence-electron chi connectivity index (χ2n) is 3.41. The number of nitrogens with one attached hydrogen (secondary N) is 1. The van der Waals surface area contributed by atoms with Crippen molar-refractivity contribution in [3.63, 3.8) is 0 Å². The third-order valence-electron chi connectivity index (χ3n) is 1.72. The quantitative estimate of drug-likeness (QED) is 0.487. The molecule has 0 fully saturated rings. The van der Waals surface area contributed by atoms with E-state index in [0.29, 0.717) is 12.5 Å². The molecule has 0 aromatic carbocycles. The number of hydrogen-bond acceptors (Lipinski definition) is 2. The minimum Gasteiger partial charge on any atom is -0.370 e. The topological polar surface area (TPSA) is 70.7 Å². The van der Waals surface area contributed by atoms with Gasteiger partial charge in [-0.2, -0.15) is 0 Å². The van der Waals surface area contributed by atoms with E-state index in [1.54, 1.807) is 11.9 Å². The fraction of sp³-hybridized carbons (Fsp3) is 0.778. The number of amides is 1. The van der Waals surface area contributed by atoms with Crippen LogP contribution in [0.25, 0.3) is 0 Å². The summed E-state index contributed by atoms with van der Waals surface area (Å²) in [7, 11) is 1.74. The van der Waals surface area contributed by atoms with Crippen molar-refractivity contribution in [2.75, 3.05) is 20.1 Å². The molecule has 0 spiro atoms. The Bertz CT molecular complexity index is 213. The first-order chi connectivity index (χ1) is 6.47. The standard InChI is InChI=1S/C9H20N4O/c1-5-13(4)8(14)6-11-9(10)12-7(2)3/h7H,5-6H2,1-4H3,(H3,10,11,12). The molecule has 0 aliphatic rings. The van der Waals surface area contributed by atoms with Crippen molar-refractivity contribution < 1.29 is 4.79 Å². The molecule has 0 unspecified atom stereocenters. The first kappa shape index (κ1) is 12.7. The van der Waals surface area contributed by atoms with Crippen LogP contribution in [0.1, 0.15) is 20.8 Å². The van der Waals surface area contributed by atoms with Crippen LogP contribution in [0.3, 0.4) is 0 Å². The van der Waals surface area contributed by atoms with Crippen molar-refractivity contribution in [1.82, 2.24) is 10.2 Å². The molecule has 0 saturated heterocycles. The zero-order valence-electron chi connectivity index (χ0n) is 9.37. The molecule has 0 aromatic rings. The summed E-state index contributed by atoms with van der Waals surface area (Å²) in [5.74, 6) is 0.291. The highest BCUT2D eigenvalue weighted by atomic mass is 16.2. The smallest absolute Gasteiger partial charge is 0.244 e. The van der Waals surface area contributed by atoms with E-state index in [1.165, 1.54) is 0 Å². The van der Waals surface area contributed by atoms with Gasteiger partial charge in [-0.3, -0.25) is 4.79 Å². The Kier molecular flexibility index (Phi) is 5.67. The molecule has 0 aliphatic carbocycles. The molecule has 1 amide bonds. The molecule has 14 heavy (non-hydrogen) atoms. The van der Waals surface area contributed by atoms with Gasteiger partial charge in [0, 0.05) is 19.6 Å². The van der Waals surface area contributed by atoms with Crippen LogP contribution in [0.4, 0.5) is 0 Å². The number of nitrogens with zero attached hydrogens (tertiary/aromatic N) is 2. The molecule has 3 N–H and O–H groups in total. The molecule has 5 heteroatoms. The normalized spacial score (nSPS) is 11.6. The van der Waals surface area contributed by atoms with Gasteiger partial charge in [0.05, 0.1) is 0 Å². The minimum atomic E-state index is -0.0268. The number of carbonyl (C=O) groups excluding carboxylic acids is 1. The SMILES string of the molecule is CCN(C)C(=O)CN=C(N)NC(C)C. The van der Waals surface area contributed by atoms with E-state index in [9.17, 15) is 4.79 Å². The molecule has 0 aliphatic heterocycles. The minimum absolute atomic E-state index is 0.0268. The van der Waals surface area contributed by atoms with E-state index in [2.05, 4.69) is 10.3 Å². The summed E-state index contributed by atoms with van der Waals surface area (Å²) in [4.78, 5) is 16.8. The molecule has 0 bridgehead atoms. The first-order valence-electron chi connectivity index (χ1n) is 4.77. The third kappa shape index (κ3) is 5.40.